The van der Waals surface area contributed by atoms with Crippen LogP contribution in [-0.2, 0) is 6.42 Å². The van der Waals surface area contributed by atoms with Crippen LogP contribution in [0.5, 0.6) is 0 Å². The number of nitrogens with zero attached hydrogens (tertiary/aromatic N) is 2. The molecule has 0 amide bonds. The van der Waals surface area contributed by atoms with Crippen LogP contribution in [0.1, 0.15) is 35.5 Å². The van der Waals surface area contributed by atoms with Crippen LogP contribution < -0.4 is 0 Å². The van der Waals surface area contributed by atoms with E-state index in [1.54, 1.807) is 6.20 Å². The molecule has 1 atom stereocenters. The van der Waals surface area contributed by atoms with E-state index in [2.05, 4.69) is 22.6 Å². The average molecular weight is 234 g/mol. The molecule has 16 heavy (non-hydrogen) atoms. The summed E-state index contributed by atoms with van der Waals surface area (Å²) in [5.41, 5.74) is 2.17. The number of aliphatic hydroxyl groups excluding tert-OH is 1. The lowest BCUT2D eigenvalue weighted by atomic mass is 10.0. The molecule has 0 spiro atoms. The van der Waals surface area contributed by atoms with Gasteiger partial charge in [0.1, 0.15) is 6.10 Å². The molecule has 1 aromatic carbocycles. The first-order valence-electron chi connectivity index (χ1n) is 5.35. The molecule has 0 radical (unpaired) electrons. The second-order valence-electron chi connectivity index (χ2n) is 3.72. The van der Waals surface area contributed by atoms with E-state index >= 15 is 0 Å². The van der Waals surface area contributed by atoms with Crippen molar-refractivity contribution in [1.29, 1.82) is 0 Å². The van der Waals surface area contributed by atoms with Gasteiger partial charge in [0.05, 0.1) is 11.1 Å². The third-order valence-electron chi connectivity index (χ3n) is 2.45. The summed E-state index contributed by atoms with van der Waals surface area (Å²) >= 11 is 1.23. The highest BCUT2D eigenvalue weighted by Gasteiger charge is 2.12. The summed E-state index contributed by atoms with van der Waals surface area (Å²) in [5.74, 6) is 0. The number of aryl methyl sites for hydroxylation is 1. The van der Waals surface area contributed by atoms with Gasteiger partial charge in [-0.1, -0.05) is 42.1 Å². The molecule has 0 saturated carbocycles. The molecule has 0 saturated heterocycles. The largest absolute Gasteiger partial charge is 0.383 e. The second-order valence-corrected chi connectivity index (χ2v) is 4.53. The van der Waals surface area contributed by atoms with Crippen molar-refractivity contribution < 1.29 is 5.11 Å². The minimum atomic E-state index is -0.600. The van der Waals surface area contributed by atoms with Crippen molar-refractivity contribution in [1.82, 2.24) is 9.59 Å². The maximum atomic E-state index is 10.1. The number of rotatable bonds is 4. The molecule has 2 aromatic rings. The summed E-state index contributed by atoms with van der Waals surface area (Å²) in [4.78, 5) is 0.786. The molecular formula is C12H14N2OS. The van der Waals surface area contributed by atoms with E-state index in [9.17, 15) is 5.11 Å². The second kappa shape index (κ2) is 5.18. The van der Waals surface area contributed by atoms with Gasteiger partial charge in [-0.25, -0.2) is 0 Å². The number of aromatic nitrogens is 2. The number of aliphatic hydroxyl groups is 1. The quantitative estimate of drug-likeness (QED) is 0.884. The summed E-state index contributed by atoms with van der Waals surface area (Å²) in [6.45, 7) is 2.15. The van der Waals surface area contributed by atoms with Crippen LogP contribution >= 0.6 is 11.5 Å². The molecule has 0 fully saturated rings. The Morgan fingerprint density at radius 1 is 1.44 bits per heavy atom. The fraction of sp³-hybridized carbons (Fsp3) is 0.333. The third kappa shape index (κ3) is 2.46. The normalized spacial score (nSPS) is 12.6. The van der Waals surface area contributed by atoms with Crippen molar-refractivity contribution in [2.24, 2.45) is 0 Å². The molecular weight excluding hydrogens is 220 g/mol. The average Bonchev–Trinajstić information content (AvgIpc) is 2.82. The van der Waals surface area contributed by atoms with E-state index < -0.39 is 6.10 Å². The fourth-order valence-electron chi connectivity index (χ4n) is 1.67. The van der Waals surface area contributed by atoms with Crippen molar-refractivity contribution in [3.63, 3.8) is 0 Å². The zero-order valence-electron chi connectivity index (χ0n) is 9.13. The highest BCUT2D eigenvalue weighted by Crippen LogP contribution is 2.24. The van der Waals surface area contributed by atoms with Gasteiger partial charge in [-0.2, -0.15) is 0 Å². The van der Waals surface area contributed by atoms with Gasteiger partial charge in [-0.05, 0) is 29.1 Å². The Balaban J connectivity index is 2.23. The van der Waals surface area contributed by atoms with Crippen molar-refractivity contribution >= 4 is 11.5 Å². The molecule has 3 nitrogen and oxygen atoms in total. The Labute approximate surface area is 98.9 Å². The molecule has 0 bridgehead atoms. The number of benzene rings is 1. The first-order valence-corrected chi connectivity index (χ1v) is 6.12. The van der Waals surface area contributed by atoms with E-state index in [0.29, 0.717) is 0 Å². The summed E-state index contributed by atoms with van der Waals surface area (Å²) in [7, 11) is 0. The predicted octanol–water partition coefficient (Wildman–Crippen LogP) is 2.57. The van der Waals surface area contributed by atoms with Crippen LogP contribution in [0, 0.1) is 0 Å². The zero-order valence-corrected chi connectivity index (χ0v) is 9.94. The van der Waals surface area contributed by atoms with Crippen LogP contribution in [0.3, 0.4) is 0 Å². The van der Waals surface area contributed by atoms with E-state index in [0.717, 1.165) is 23.3 Å². The lowest BCUT2D eigenvalue weighted by Crippen LogP contribution is -1.98. The van der Waals surface area contributed by atoms with Crippen LogP contribution in [-0.4, -0.2) is 14.7 Å². The Morgan fingerprint density at radius 3 is 3.00 bits per heavy atom. The van der Waals surface area contributed by atoms with Gasteiger partial charge in [0.2, 0.25) is 0 Å². The lowest BCUT2D eigenvalue weighted by molar-refractivity contribution is 0.224. The predicted molar refractivity (Wildman–Crippen MR) is 64.4 cm³/mol. The van der Waals surface area contributed by atoms with Crippen molar-refractivity contribution in [2.45, 2.75) is 25.9 Å². The van der Waals surface area contributed by atoms with Crippen LogP contribution in [0.25, 0.3) is 0 Å². The van der Waals surface area contributed by atoms with E-state index in [4.69, 9.17) is 0 Å². The minimum absolute atomic E-state index is 0.600. The van der Waals surface area contributed by atoms with Crippen LogP contribution in [0.4, 0.5) is 0 Å². The van der Waals surface area contributed by atoms with Crippen LogP contribution in [0.2, 0.25) is 0 Å². The summed E-state index contributed by atoms with van der Waals surface area (Å²) in [6.07, 6.45) is 3.17. The van der Waals surface area contributed by atoms with E-state index in [1.165, 1.54) is 17.1 Å². The van der Waals surface area contributed by atoms with Gasteiger partial charge in [0.25, 0.3) is 0 Å². The van der Waals surface area contributed by atoms with E-state index in [-0.39, 0.29) is 0 Å². The maximum absolute atomic E-state index is 10.1. The van der Waals surface area contributed by atoms with Crippen LogP contribution in [0.15, 0.2) is 30.5 Å². The number of hydrogen-bond acceptors (Lipinski definition) is 4. The van der Waals surface area contributed by atoms with Gasteiger partial charge in [-0.15, -0.1) is 5.10 Å². The molecule has 1 N–H and O–H groups in total. The minimum Gasteiger partial charge on any atom is -0.383 e. The summed E-state index contributed by atoms with van der Waals surface area (Å²) in [5, 5.41) is 13.8. The maximum Gasteiger partial charge on any atom is 0.116 e. The molecule has 1 unspecified atom stereocenters. The molecule has 0 aliphatic rings. The molecule has 0 aliphatic carbocycles. The molecule has 0 aliphatic heterocycles. The summed E-state index contributed by atoms with van der Waals surface area (Å²) < 4.78 is 3.76. The number of hydrogen-bond donors (Lipinski definition) is 1. The Bertz CT molecular complexity index is 442. The lowest BCUT2D eigenvalue weighted by Gasteiger charge is -2.09. The zero-order chi connectivity index (χ0) is 11.4. The fourth-order valence-corrected chi connectivity index (χ4v) is 2.19. The Kier molecular flexibility index (Phi) is 3.64. The summed E-state index contributed by atoms with van der Waals surface area (Å²) in [6, 6.07) is 8.06. The first-order chi connectivity index (χ1) is 7.81. The molecule has 1 heterocycles. The van der Waals surface area contributed by atoms with E-state index in [1.807, 2.05) is 18.2 Å². The highest BCUT2D eigenvalue weighted by molar-refractivity contribution is 7.05. The topological polar surface area (TPSA) is 46.0 Å². The SMILES string of the molecule is CCCc1cccc(C(O)c2cnns2)c1. The first kappa shape index (κ1) is 11.2. The smallest absolute Gasteiger partial charge is 0.116 e. The standard InChI is InChI=1S/C12H14N2OS/c1-2-4-9-5-3-6-10(7-9)12(15)11-8-13-14-16-11/h3,5-8,12,15H,2,4H2,1H3. The molecule has 1 aromatic heterocycles. The van der Waals surface area contributed by atoms with Crippen molar-refractivity contribution in [2.75, 3.05) is 0 Å². The Hall–Kier alpha value is -1.26. The Morgan fingerprint density at radius 2 is 2.31 bits per heavy atom. The van der Waals surface area contributed by atoms with Gasteiger partial charge < -0.3 is 5.11 Å². The monoisotopic (exact) mass is 234 g/mol. The molecule has 2 rings (SSSR count). The molecule has 84 valence electrons. The van der Waals surface area contributed by atoms with Gasteiger partial charge >= 0.3 is 0 Å². The highest BCUT2D eigenvalue weighted by atomic mass is 32.1. The van der Waals surface area contributed by atoms with Gasteiger partial charge in [0.15, 0.2) is 0 Å². The third-order valence-corrected chi connectivity index (χ3v) is 3.17. The van der Waals surface area contributed by atoms with Gasteiger partial charge in [0, 0.05) is 0 Å². The van der Waals surface area contributed by atoms with Gasteiger partial charge in [-0.3, -0.25) is 0 Å². The van der Waals surface area contributed by atoms with Crippen molar-refractivity contribution in [3.8, 4) is 0 Å². The molecule has 4 heteroatoms. The van der Waals surface area contributed by atoms with Crippen molar-refractivity contribution in [3.05, 3.63) is 46.5 Å².